The van der Waals surface area contributed by atoms with E-state index in [0.29, 0.717) is 12.1 Å². The number of carbonyl (C=O) groups is 1. The second kappa shape index (κ2) is 6.01. The summed E-state index contributed by atoms with van der Waals surface area (Å²) < 4.78 is 28.1. The first-order chi connectivity index (χ1) is 11.7. The maximum absolute atomic E-state index is 14.4. The van der Waals surface area contributed by atoms with Crippen molar-refractivity contribution in [3.63, 3.8) is 0 Å². The molecule has 0 saturated heterocycles. The van der Waals surface area contributed by atoms with Gasteiger partial charge in [0.05, 0.1) is 0 Å². The Morgan fingerprint density at radius 1 is 1.48 bits per heavy atom. The number of halogens is 2. The van der Waals surface area contributed by atoms with Gasteiger partial charge in [0.1, 0.15) is 18.0 Å². The van der Waals surface area contributed by atoms with Crippen LogP contribution in [0, 0.1) is 11.7 Å². The van der Waals surface area contributed by atoms with Crippen LogP contribution < -0.4 is 11.5 Å². The summed E-state index contributed by atoms with van der Waals surface area (Å²) in [5.41, 5.74) is 10.7. The number of thioether (sulfide) groups is 1. The highest BCUT2D eigenvalue weighted by atomic mass is 32.2. The van der Waals surface area contributed by atoms with Gasteiger partial charge in [-0.3, -0.25) is 4.79 Å². The van der Waals surface area contributed by atoms with Crippen LogP contribution in [-0.4, -0.2) is 41.5 Å². The van der Waals surface area contributed by atoms with Crippen LogP contribution in [0.1, 0.15) is 12.0 Å². The molecular weight excluding hydrogens is 346 g/mol. The number of amides is 1. The van der Waals surface area contributed by atoms with Crippen molar-refractivity contribution in [2.24, 2.45) is 16.6 Å². The number of nitrogens with zero attached hydrogens (tertiary/aromatic N) is 2. The molecule has 1 aliphatic heterocycles. The van der Waals surface area contributed by atoms with Gasteiger partial charge >= 0.3 is 0 Å². The summed E-state index contributed by atoms with van der Waals surface area (Å²) in [6, 6.07) is 4.05. The number of alkyl halides is 1. The zero-order chi connectivity index (χ0) is 18.4. The number of nitrogen functional groups attached to an aromatic ring is 1. The second-order valence-electron chi connectivity index (χ2n) is 6.63. The Hall–Kier alpha value is -2.09. The van der Waals surface area contributed by atoms with Crippen molar-refractivity contribution >= 4 is 28.5 Å². The van der Waals surface area contributed by atoms with Crippen LogP contribution in [-0.2, 0) is 10.3 Å². The molecule has 1 saturated carbocycles. The van der Waals surface area contributed by atoms with E-state index in [0.717, 1.165) is 0 Å². The SMILES string of the molecule is CN(C)C(=O)/C=C/[C@]12C[C@H]1[C@@](CF)(c1cc(N)ccc1F)N=C(N)S2. The highest BCUT2D eigenvalue weighted by molar-refractivity contribution is 8.15. The molecule has 134 valence electrons. The summed E-state index contributed by atoms with van der Waals surface area (Å²) in [6.45, 7) is -0.892. The van der Waals surface area contributed by atoms with Crippen molar-refractivity contribution in [1.29, 1.82) is 0 Å². The molecule has 0 spiro atoms. The molecule has 0 radical (unpaired) electrons. The fourth-order valence-electron chi connectivity index (χ4n) is 3.34. The molecule has 1 aromatic carbocycles. The number of rotatable bonds is 4. The van der Waals surface area contributed by atoms with E-state index >= 15 is 0 Å². The first-order valence-electron chi connectivity index (χ1n) is 7.80. The molecule has 1 amide bonds. The summed E-state index contributed by atoms with van der Waals surface area (Å²) in [7, 11) is 3.29. The Morgan fingerprint density at radius 2 is 2.20 bits per heavy atom. The van der Waals surface area contributed by atoms with E-state index in [-0.39, 0.29) is 22.6 Å². The number of likely N-dealkylation sites (N-methyl/N-ethyl adjacent to an activating group) is 1. The molecule has 1 aromatic rings. The molecule has 0 bridgehead atoms. The summed E-state index contributed by atoms with van der Waals surface area (Å²) in [6.07, 6.45) is 3.74. The van der Waals surface area contributed by atoms with E-state index in [9.17, 15) is 13.6 Å². The van der Waals surface area contributed by atoms with Crippen molar-refractivity contribution < 1.29 is 13.6 Å². The van der Waals surface area contributed by atoms with Crippen LogP contribution in [0.15, 0.2) is 35.3 Å². The lowest BCUT2D eigenvalue weighted by molar-refractivity contribution is -0.123. The third-order valence-electron chi connectivity index (χ3n) is 4.74. The predicted octanol–water partition coefficient (Wildman–Crippen LogP) is 2.04. The summed E-state index contributed by atoms with van der Waals surface area (Å²) in [5, 5.41) is 0.176. The number of nitrogens with two attached hydrogens (primary N) is 2. The fourth-order valence-corrected chi connectivity index (χ4v) is 4.66. The van der Waals surface area contributed by atoms with Gasteiger partial charge in [0.2, 0.25) is 5.91 Å². The van der Waals surface area contributed by atoms with Gasteiger partial charge in [-0.1, -0.05) is 17.8 Å². The van der Waals surface area contributed by atoms with Gasteiger partial charge in [-0.15, -0.1) is 0 Å². The molecule has 4 N–H and O–H groups in total. The van der Waals surface area contributed by atoms with E-state index in [1.807, 2.05) is 0 Å². The van der Waals surface area contributed by atoms with Gasteiger partial charge in [-0.05, 0) is 24.6 Å². The van der Waals surface area contributed by atoms with Crippen LogP contribution in [0.25, 0.3) is 0 Å². The standard InChI is InChI=1S/C17H20F2N4OS/c1-23(2)14(24)5-6-16-8-13(16)17(9-18,22-15(21)25-16)11-7-10(20)3-4-12(11)19/h3-7,13H,8-9,20H2,1-2H3,(H2,21,22)/b6-5+/t13-,16+,17-/m1/s1. The number of fused-ring (bicyclic) bond motifs is 1. The Balaban J connectivity index is 2.03. The van der Waals surface area contributed by atoms with E-state index in [1.165, 1.54) is 40.9 Å². The van der Waals surface area contributed by atoms with Crippen molar-refractivity contribution in [2.45, 2.75) is 16.7 Å². The number of anilines is 1. The lowest BCUT2D eigenvalue weighted by Crippen LogP contribution is -2.39. The largest absolute Gasteiger partial charge is 0.399 e. The van der Waals surface area contributed by atoms with Crippen LogP contribution in [0.2, 0.25) is 0 Å². The molecule has 0 aromatic heterocycles. The van der Waals surface area contributed by atoms with Gasteiger partial charge in [-0.2, -0.15) is 0 Å². The Labute approximate surface area is 149 Å². The van der Waals surface area contributed by atoms with Gasteiger partial charge < -0.3 is 16.4 Å². The normalized spacial score (nSPS) is 30.7. The van der Waals surface area contributed by atoms with E-state index in [1.54, 1.807) is 20.2 Å². The monoisotopic (exact) mass is 366 g/mol. The molecule has 1 heterocycles. The average molecular weight is 366 g/mol. The van der Waals surface area contributed by atoms with Gasteiger partial charge in [0.15, 0.2) is 5.17 Å². The number of carbonyl (C=O) groups excluding carboxylic acids is 1. The lowest BCUT2D eigenvalue weighted by Gasteiger charge is -2.34. The third kappa shape index (κ3) is 2.88. The van der Waals surface area contributed by atoms with Crippen molar-refractivity contribution in [1.82, 2.24) is 4.90 Å². The number of hydrogen-bond donors (Lipinski definition) is 2. The molecule has 25 heavy (non-hydrogen) atoms. The molecule has 3 atom stereocenters. The topological polar surface area (TPSA) is 84.7 Å². The number of hydrogen-bond acceptors (Lipinski definition) is 5. The van der Waals surface area contributed by atoms with E-state index in [4.69, 9.17) is 11.5 Å². The fraction of sp³-hybridized carbons (Fsp3) is 0.412. The maximum atomic E-state index is 14.4. The second-order valence-corrected chi connectivity index (χ2v) is 8.01. The van der Waals surface area contributed by atoms with Crippen LogP contribution in [0.5, 0.6) is 0 Å². The Morgan fingerprint density at radius 3 is 2.84 bits per heavy atom. The zero-order valence-corrected chi connectivity index (χ0v) is 14.8. The highest BCUT2D eigenvalue weighted by Crippen LogP contribution is 2.66. The predicted molar refractivity (Wildman–Crippen MR) is 96.4 cm³/mol. The minimum absolute atomic E-state index is 0.109. The number of aliphatic imine (C=N–C) groups is 1. The average Bonchev–Trinajstić information content (AvgIpc) is 3.29. The van der Waals surface area contributed by atoms with Crippen LogP contribution in [0.4, 0.5) is 14.5 Å². The van der Waals surface area contributed by atoms with E-state index < -0.39 is 22.8 Å². The molecule has 0 unspecified atom stereocenters. The number of amidine groups is 1. The molecule has 1 aliphatic carbocycles. The quantitative estimate of drug-likeness (QED) is 0.631. The van der Waals surface area contributed by atoms with Crippen molar-refractivity contribution in [3.05, 3.63) is 41.7 Å². The number of benzene rings is 1. The summed E-state index contributed by atoms with van der Waals surface area (Å²) >= 11 is 1.29. The first kappa shape index (κ1) is 17.7. The van der Waals surface area contributed by atoms with Gasteiger partial charge in [0, 0.05) is 42.1 Å². The molecule has 3 rings (SSSR count). The first-order valence-corrected chi connectivity index (χ1v) is 8.62. The zero-order valence-electron chi connectivity index (χ0n) is 14.0. The highest BCUT2D eigenvalue weighted by Gasteiger charge is 2.67. The Kier molecular flexibility index (Phi) is 4.26. The van der Waals surface area contributed by atoms with Crippen LogP contribution >= 0.6 is 11.8 Å². The van der Waals surface area contributed by atoms with E-state index in [2.05, 4.69) is 4.99 Å². The van der Waals surface area contributed by atoms with Crippen molar-refractivity contribution in [2.75, 3.05) is 26.5 Å². The molecule has 2 aliphatic rings. The molecule has 5 nitrogen and oxygen atoms in total. The summed E-state index contributed by atoms with van der Waals surface area (Å²) in [4.78, 5) is 17.6. The Bertz CT molecular complexity index is 782. The minimum atomic E-state index is -1.42. The van der Waals surface area contributed by atoms with Gasteiger partial charge in [-0.25, -0.2) is 13.8 Å². The maximum Gasteiger partial charge on any atom is 0.245 e. The van der Waals surface area contributed by atoms with Crippen molar-refractivity contribution in [3.8, 4) is 0 Å². The molecular formula is C17H20F2N4OS. The minimum Gasteiger partial charge on any atom is -0.399 e. The molecule has 1 fully saturated rings. The smallest absolute Gasteiger partial charge is 0.245 e. The van der Waals surface area contributed by atoms with Crippen LogP contribution in [0.3, 0.4) is 0 Å². The summed E-state index contributed by atoms with van der Waals surface area (Å²) in [5.74, 6) is -1.04. The lowest BCUT2D eigenvalue weighted by atomic mass is 9.84. The molecule has 8 heteroatoms. The van der Waals surface area contributed by atoms with Gasteiger partial charge in [0.25, 0.3) is 0 Å². The third-order valence-corrected chi connectivity index (χ3v) is 6.01.